The zero-order chi connectivity index (χ0) is 49.9. The topological polar surface area (TPSA) is 108 Å². The van der Waals surface area contributed by atoms with Crippen LogP contribution < -0.4 is 5.73 Å². The van der Waals surface area contributed by atoms with Gasteiger partial charge in [0.2, 0.25) is 0 Å². The maximum atomic E-state index is 15.8. The number of nitrogens with two attached hydrogens (primary N) is 1. The zero-order valence-electron chi connectivity index (χ0n) is 42.6. The van der Waals surface area contributed by atoms with Gasteiger partial charge in [-0.2, -0.15) is 18.2 Å². The molecule has 6 atom stereocenters. The van der Waals surface area contributed by atoms with Crippen LogP contribution in [0.2, 0.25) is 0 Å². The van der Waals surface area contributed by atoms with Gasteiger partial charge in [-0.1, -0.05) is 120 Å². The first-order valence-corrected chi connectivity index (χ1v) is 23.4. The Morgan fingerprint density at radius 1 is 0.812 bits per heavy atom. The minimum absolute atomic E-state index is 0.0308. The van der Waals surface area contributed by atoms with Crippen LogP contribution in [-0.4, -0.2) is 71.3 Å². The smallest absolute Gasteiger partial charge is 0.399 e. The monoisotopic (exact) mass is 917 g/mol. The van der Waals surface area contributed by atoms with E-state index in [2.05, 4.69) is 32.9 Å². The highest BCUT2D eigenvalue weighted by atomic mass is 19.4. The molecule has 2 rings (SSSR count). The first-order chi connectivity index (χ1) is 28.8. The molecule has 0 aliphatic carbocycles. The molecule has 0 saturated carbocycles. The van der Waals surface area contributed by atoms with Crippen molar-refractivity contribution in [1.82, 2.24) is 5.06 Å². The van der Waals surface area contributed by atoms with E-state index in [4.69, 9.17) is 20.0 Å². The summed E-state index contributed by atoms with van der Waals surface area (Å²) >= 11 is 0. The van der Waals surface area contributed by atoms with Gasteiger partial charge in [0.1, 0.15) is 11.2 Å². The summed E-state index contributed by atoms with van der Waals surface area (Å²) in [6, 6.07) is 10.1. The number of hydroxylamine groups is 2. The standard InChI is InChI=1S/C51H85F5N2O6/c1-19-21-28-62-40(60)37(30-42(5,6)34(3)36-25-23-22-24-26-36)45(11,12)44(9,10)31-38(41(61)63-29-27-43(7,8)50(52,53)47(15,16)51(54,55)56)46(13,14)64-58-48(17,33-57)32-39(59)35(4)49(58,18)20-2/h22-26,34-35,37-38H,19-21,27-33,57H2,1-18H3. The molecular formula is C51H85F5N2O6. The predicted molar refractivity (Wildman–Crippen MR) is 244 cm³/mol. The number of unbranched alkanes of at least 4 members (excludes halogenated alkanes) is 1. The Bertz CT molecular complexity index is 1720. The molecule has 1 heterocycles. The molecule has 1 aliphatic heterocycles. The molecule has 1 aliphatic rings. The molecule has 0 aromatic heterocycles. The predicted octanol–water partition coefficient (Wildman–Crippen LogP) is 12.9. The van der Waals surface area contributed by atoms with Crippen molar-refractivity contribution >= 4 is 17.7 Å². The Labute approximate surface area is 383 Å². The third kappa shape index (κ3) is 11.7. The highest BCUT2D eigenvalue weighted by molar-refractivity contribution is 5.84. The second-order valence-electron chi connectivity index (χ2n) is 23.0. The first-order valence-electron chi connectivity index (χ1n) is 23.4. The molecule has 1 aromatic carbocycles. The summed E-state index contributed by atoms with van der Waals surface area (Å²) in [6.45, 7) is 30.2. The molecule has 0 amide bonds. The lowest BCUT2D eigenvalue weighted by atomic mass is 9.54. The van der Waals surface area contributed by atoms with E-state index >= 15 is 8.78 Å². The molecule has 2 N–H and O–H groups in total. The van der Waals surface area contributed by atoms with Crippen molar-refractivity contribution in [3.63, 3.8) is 0 Å². The van der Waals surface area contributed by atoms with Gasteiger partial charge in [-0.05, 0) is 101 Å². The lowest BCUT2D eigenvalue weighted by Crippen LogP contribution is -2.70. The second kappa shape index (κ2) is 20.3. The van der Waals surface area contributed by atoms with Crippen molar-refractivity contribution in [2.75, 3.05) is 19.8 Å². The number of esters is 2. The summed E-state index contributed by atoms with van der Waals surface area (Å²) in [5.41, 5.74) is -3.42. The van der Waals surface area contributed by atoms with Crippen molar-refractivity contribution in [3.8, 4) is 0 Å². The van der Waals surface area contributed by atoms with Crippen LogP contribution in [0.3, 0.4) is 0 Å². The lowest BCUT2D eigenvalue weighted by molar-refractivity contribution is -0.346. The average Bonchev–Trinajstić information content (AvgIpc) is 3.19. The summed E-state index contributed by atoms with van der Waals surface area (Å²) in [6.07, 6.45) is -3.13. The number of carbonyl (C=O) groups excluding carboxylic acids is 3. The molecule has 370 valence electrons. The molecule has 64 heavy (non-hydrogen) atoms. The summed E-state index contributed by atoms with van der Waals surface area (Å²) < 4.78 is 85.3. The minimum atomic E-state index is -5.20. The molecule has 1 aromatic rings. The second-order valence-corrected chi connectivity index (χ2v) is 23.0. The molecule has 1 saturated heterocycles. The Morgan fingerprint density at radius 3 is 1.81 bits per heavy atom. The number of benzene rings is 1. The molecule has 0 radical (unpaired) electrons. The molecule has 1 fully saturated rings. The number of nitrogens with zero attached hydrogens (tertiary/aromatic N) is 1. The molecule has 0 spiro atoms. The number of halogens is 5. The Morgan fingerprint density at radius 2 is 1.33 bits per heavy atom. The van der Waals surface area contributed by atoms with Crippen molar-refractivity contribution in [3.05, 3.63) is 35.9 Å². The lowest BCUT2D eigenvalue weighted by Gasteiger charge is -2.58. The fraction of sp³-hybridized carbons (Fsp3) is 0.824. The van der Waals surface area contributed by atoms with Crippen LogP contribution in [0.25, 0.3) is 0 Å². The number of piperidine rings is 1. The fourth-order valence-electron chi connectivity index (χ4n) is 9.35. The van der Waals surface area contributed by atoms with Gasteiger partial charge < -0.3 is 15.2 Å². The molecule has 0 bridgehead atoms. The van der Waals surface area contributed by atoms with E-state index in [1.807, 2.05) is 80.5 Å². The van der Waals surface area contributed by atoms with Gasteiger partial charge in [0.15, 0.2) is 0 Å². The SMILES string of the molecule is CCCCOC(=O)C(CC(C)(C)C(C)c1ccccc1)C(C)(C)C(C)(C)CC(C(=O)OCCC(C)(C)C(F)(F)C(C)(C)C(F)(F)F)C(C)(C)ON1C(C)(CN)CC(=O)C(C)C1(C)CC. The zero-order valence-corrected chi connectivity index (χ0v) is 42.6. The quantitative estimate of drug-likeness (QED) is 0.0657. The van der Waals surface area contributed by atoms with E-state index in [1.54, 1.807) is 18.9 Å². The Balaban J connectivity index is 2.76. The molecule has 6 unspecified atom stereocenters. The molecule has 13 heteroatoms. The van der Waals surface area contributed by atoms with Gasteiger partial charge in [0.25, 0.3) is 5.92 Å². The highest BCUT2D eigenvalue weighted by Crippen LogP contribution is 2.58. The third-order valence-corrected chi connectivity index (χ3v) is 16.4. The van der Waals surface area contributed by atoms with Crippen molar-refractivity contribution < 1.29 is 50.6 Å². The fourth-order valence-corrected chi connectivity index (χ4v) is 9.35. The third-order valence-electron chi connectivity index (χ3n) is 16.4. The first kappa shape index (κ1) is 57.5. The van der Waals surface area contributed by atoms with Gasteiger partial charge in [0, 0.05) is 24.3 Å². The van der Waals surface area contributed by atoms with Crippen molar-refractivity contribution in [2.24, 2.45) is 50.6 Å². The normalized spacial score (nSPS) is 22.8. The Kier molecular flexibility index (Phi) is 18.2. The van der Waals surface area contributed by atoms with E-state index in [9.17, 15) is 27.6 Å². The number of Topliss-reactive ketones (excluding diaryl/α,β-unsaturated/α-hetero) is 1. The van der Waals surface area contributed by atoms with Crippen LogP contribution in [0.4, 0.5) is 22.0 Å². The Hall–Kier alpha value is -2.64. The molecule has 8 nitrogen and oxygen atoms in total. The van der Waals surface area contributed by atoms with E-state index in [0.717, 1.165) is 25.8 Å². The summed E-state index contributed by atoms with van der Waals surface area (Å²) in [4.78, 5) is 49.7. The summed E-state index contributed by atoms with van der Waals surface area (Å²) in [7, 11) is 0. The van der Waals surface area contributed by atoms with E-state index in [0.29, 0.717) is 33.1 Å². The average molecular weight is 917 g/mol. The summed E-state index contributed by atoms with van der Waals surface area (Å²) in [5, 5.41) is 1.77. The van der Waals surface area contributed by atoms with E-state index in [-0.39, 0.29) is 43.7 Å². The van der Waals surface area contributed by atoms with Crippen LogP contribution in [0, 0.1) is 44.8 Å². The van der Waals surface area contributed by atoms with Crippen LogP contribution >= 0.6 is 0 Å². The number of ether oxygens (including phenoxy) is 2. The van der Waals surface area contributed by atoms with Gasteiger partial charge in [-0.15, -0.1) is 0 Å². The number of hydrogen-bond donors (Lipinski definition) is 1. The number of rotatable bonds is 23. The van der Waals surface area contributed by atoms with E-state index < -0.39 is 92.6 Å². The minimum Gasteiger partial charge on any atom is -0.465 e. The largest absolute Gasteiger partial charge is 0.465 e. The molecular weight excluding hydrogens is 832 g/mol. The maximum Gasteiger partial charge on any atom is 0.399 e. The van der Waals surface area contributed by atoms with Gasteiger partial charge >= 0.3 is 18.1 Å². The van der Waals surface area contributed by atoms with Gasteiger partial charge in [0.05, 0.1) is 41.7 Å². The number of carbonyl (C=O) groups is 3. The van der Waals surface area contributed by atoms with Crippen molar-refractivity contribution in [2.45, 2.75) is 204 Å². The van der Waals surface area contributed by atoms with Crippen LogP contribution in [0.15, 0.2) is 30.3 Å². The number of ketones is 1. The van der Waals surface area contributed by atoms with Crippen molar-refractivity contribution in [1.29, 1.82) is 0 Å². The summed E-state index contributed by atoms with van der Waals surface area (Å²) in [5.74, 6) is -7.52. The van der Waals surface area contributed by atoms with Crippen LogP contribution in [-0.2, 0) is 28.7 Å². The van der Waals surface area contributed by atoms with Crippen LogP contribution in [0.1, 0.15) is 181 Å². The highest BCUT2D eigenvalue weighted by Gasteiger charge is 2.68. The van der Waals surface area contributed by atoms with Gasteiger partial charge in [-0.3, -0.25) is 19.2 Å². The number of hydrogen-bond acceptors (Lipinski definition) is 8. The van der Waals surface area contributed by atoms with Crippen LogP contribution in [0.5, 0.6) is 0 Å². The van der Waals surface area contributed by atoms with E-state index in [1.165, 1.54) is 0 Å². The number of alkyl halides is 5. The van der Waals surface area contributed by atoms with Gasteiger partial charge in [-0.25, -0.2) is 8.78 Å². The maximum absolute atomic E-state index is 15.8.